The van der Waals surface area contributed by atoms with E-state index in [1.807, 2.05) is 27.7 Å². The van der Waals surface area contributed by atoms with Crippen molar-refractivity contribution in [2.45, 2.75) is 52.8 Å². The molecule has 0 saturated heterocycles. The van der Waals surface area contributed by atoms with Crippen molar-refractivity contribution in [2.24, 2.45) is 5.41 Å². The Morgan fingerprint density at radius 2 is 1.73 bits per heavy atom. The van der Waals surface area contributed by atoms with Gasteiger partial charge in [-0.1, -0.05) is 26.8 Å². The van der Waals surface area contributed by atoms with Crippen molar-refractivity contribution in [2.75, 3.05) is 0 Å². The van der Waals surface area contributed by atoms with Gasteiger partial charge in [0.25, 0.3) is 0 Å². The molecule has 3 N–H and O–H groups in total. The first-order valence-electron chi connectivity index (χ1n) is 7.22. The Morgan fingerprint density at radius 1 is 1.14 bits per heavy atom. The van der Waals surface area contributed by atoms with E-state index in [1.54, 1.807) is 6.92 Å². The zero-order valence-electron chi connectivity index (χ0n) is 13.6. The van der Waals surface area contributed by atoms with Crippen LogP contribution in [0.2, 0.25) is 0 Å². The zero-order chi connectivity index (χ0) is 17.1. The molecular weight excluding hydrogens is 290 g/mol. The van der Waals surface area contributed by atoms with Crippen molar-refractivity contribution >= 4 is 6.03 Å². The first-order valence-corrected chi connectivity index (χ1v) is 7.22. The maximum Gasteiger partial charge on any atom is 0.315 e. The third kappa shape index (κ3) is 4.94. The molecule has 1 aromatic carbocycles. The molecule has 2 amide bonds. The molecule has 0 bridgehead atoms. The van der Waals surface area contributed by atoms with Crippen LogP contribution in [-0.4, -0.2) is 23.2 Å². The smallest absolute Gasteiger partial charge is 0.315 e. The Balaban J connectivity index is 2.65. The van der Waals surface area contributed by atoms with E-state index in [-0.39, 0.29) is 17.0 Å². The van der Waals surface area contributed by atoms with Crippen molar-refractivity contribution in [3.63, 3.8) is 0 Å². The van der Waals surface area contributed by atoms with Gasteiger partial charge in [-0.2, -0.15) is 0 Å². The molecule has 6 heteroatoms. The number of carbonyl (C=O) groups is 1. The van der Waals surface area contributed by atoms with E-state index in [0.717, 1.165) is 12.1 Å². The van der Waals surface area contributed by atoms with Crippen LogP contribution in [-0.2, 0) is 0 Å². The van der Waals surface area contributed by atoms with E-state index in [4.69, 9.17) is 0 Å². The highest BCUT2D eigenvalue weighted by atomic mass is 19.2. The molecule has 124 valence electrons. The van der Waals surface area contributed by atoms with Crippen LogP contribution in [0.5, 0.6) is 0 Å². The quantitative estimate of drug-likeness (QED) is 0.799. The molecule has 0 radical (unpaired) electrons. The minimum absolute atomic E-state index is 0.0693. The van der Waals surface area contributed by atoms with Crippen LogP contribution >= 0.6 is 0 Å². The van der Waals surface area contributed by atoms with Crippen molar-refractivity contribution in [1.29, 1.82) is 0 Å². The number of urea groups is 1. The number of benzene rings is 1. The Kier molecular flexibility index (Phi) is 5.88. The van der Waals surface area contributed by atoms with Crippen LogP contribution in [0.3, 0.4) is 0 Å². The number of halogens is 2. The fourth-order valence-electron chi connectivity index (χ4n) is 1.73. The van der Waals surface area contributed by atoms with E-state index in [2.05, 4.69) is 10.6 Å². The molecule has 3 unspecified atom stereocenters. The van der Waals surface area contributed by atoms with Crippen molar-refractivity contribution in [3.8, 4) is 0 Å². The minimum atomic E-state index is -1.13. The van der Waals surface area contributed by atoms with E-state index >= 15 is 0 Å². The van der Waals surface area contributed by atoms with Gasteiger partial charge in [-0.15, -0.1) is 0 Å². The summed E-state index contributed by atoms with van der Waals surface area (Å²) in [5.41, 5.74) is 0.106. The number of carbonyl (C=O) groups excluding carboxylic acids is 1. The number of rotatable bonds is 4. The summed E-state index contributed by atoms with van der Waals surface area (Å²) in [4.78, 5) is 11.9. The average Bonchev–Trinajstić information content (AvgIpc) is 2.39. The minimum Gasteiger partial charge on any atom is -0.386 e. The summed E-state index contributed by atoms with van der Waals surface area (Å²) in [6.07, 6.45) is -1.13. The number of aliphatic hydroxyl groups is 1. The van der Waals surface area contributed by atoms with Crippen molar-refractivity contribution < 1.29 is 18.7 Å². The van der Waals surface area contributed by atoms with Gasteiger partial charge < -0.3 is 15.7 Å². The van der Waals surface area contributed by atoms with Crippen LogP contribution in [0.1, 0.15) is 46.3 Å². The number of nitrogens with one attached hydrogen (secondary N) is 2. The normalized spacial score (nSPS) is 15.8. The van der Waals surface area contributed by atoms with Crippen LogP contribution < -0.4 is 10.6 Å². The molecule has 0 aliphatic heterocycles. The van der Waals surface area contributed by atoms with Gasteiger partial charge in [0.15, 0.2) is 11.6 Å². The van der Waals surface area contributed by atoms with E-state index in [9.17, 15) is 18.7 Å². The summed E-state index contributed by atoms with van der Waals surface area (Å²) in [6.45, 7) is 9.47. The predicted octanol–water partition coefficient (Wildman–Crippen LogP) is 3.12. The topological polar surface area (TPSA) is 61.4 Å². The van der Waals surface area contributed by atoms with Crippen LogP contribution in [0, 0.1) is 17.0 Å². The summed E-state index contributed by atoms with van der Waals surface area (Å²) in [5, 5.41) is 15.5. The van der Waals surface area contributed by atoms with Crippen LogP contribution in [0.4, 0.5) is 13.6 Å². The summed E-state index contributed by atoms with van der Waals surface area (Å²) >= 11 is 0. The highest BCUT2D eigenvalue weighted by Gasteiger charge is 2.24. The molecule has 1 rings (SSSR count). The third-order valence-electron chi connectivity index (χ3n) is 3.76. The van der Waals surface area contributed by atoms with Gasteiger partial charge in [0, 0.05) is 6.04 Å². The maximum absolute atomic E-state index is 13.2. The fraction of sp³-hybridized carbons (Fsp3) is 0.562. The molecule has 4 nitrogen and oxygen atoms in total. The first-order chi connectivity index (χ1) is 10.0. The number of amides is 2. The largest absolute Gasteiger partial charge is 0.386 e. The Bertz CT molecular complexity index is 529. The zero-order valence-corrected chi connectivity index (χ0v) is 13.6. The molecule has 0 aromatic heterocycles. The highest BCUT2D eigenvalue weighted by Crippen LogP contribution is 2.20. The summed E-state index contributed by atoms with van der Waals surface area (Å²) in [5.74, 6) is -2.01. The second-order valence-corrected chi connectivity index (χ2v) is 6.61. The molecule has 0 spiro atoms. The predicted molar refractivity (Wildman–Crippen MR) is 81.4 cm³/mol. The number of aliphatic hydroxyl groups excluding tert-OH is 1. The monoisotopic (exact) mass is 314 g/mol. The van der Waals surface area contributed by atoms with Gasteiger partial charge in [-0.05, 0) is 37.0 Å². The average molecular weight is 314 g/mol. The lowest BCUT2D eigenvalue weighted by atomic mass is 9.88. The molecule has 3 atom stereocenters. The van der Waals surface area contributed by atoms with E-state index in [1.165, 1.54) is 6.07 Å². The Labute approximate surface area is 129 Å². The first kappa shape index (κ1) is 18.4. The number of hydrogen-bond acceptors (Lipinski definition) is 2. The second kappa shape index (κ2) is 7.05. The maximum atomic E-state index is 13.2. The van der Waals surface area contributed by atoms with Gasteiger partial charge in [0.05, 0.1) is 12.1 Å². The lowest BCUT2D eigenvalue weighted by Gasteiger charge is -2.29. The fourth-order valence-corrected chi connectivity index (χ4v) is 1.73. The lowest BCUT2D eigenvalue weighted by Crippen LogP contribution is -2.49. The second-order valence-electron chi connectivity index (χ2n) is 6.61. The van der Waals surface area contributed by atoms with E-state index in [0.29, 0.717) is 0 Å². The summed E-state index contributed by atoms with van der Waals surface area (Å²) in [7, 11) is 0. The molecule has 0 aliphatic rings. The molecule has 1 aromatic rings. The van der Waals surface area contributed by atoms with Gasteiger partial charge in [0.2, 0.25) is 0 Å². The number of hydrogen-bond donors (Lipinski definition) is 3. The molecule has 0 aliphatic carbocycles. The molecule has 0 heterocycles. The van der Waals surface area contributed by atoms with Gasteiger partial charge in [-0.25, -0.2) is 13.6 Å². The van der Waals surface area contributed by atoms with Gasteiger partial charge in [-0.3, -0.25) is 0 Å². The summed E-state index contributed by atoms with van der Waals surface area (Å²) in [6, 6.07) is 2.02. The van der Waals surface area contributed by atoms with Crippen LogP contribution in [0.15, 0.2) is 18.2 Å². The Hall–Kier alpha value is -1.69. The standard InChI is InChI=1S/C16H24F2N2O2/c1-9(19-15(22)20-10(2)16(3,4)5)14(21)11-6-7-12(17)13(18)8-11/h6-10,14,21H,1-5H3,(H2,19,20,22). The summed E-state index contributed by atoms with van der Waals surface area (Å²) < 4.78 is 26.1. The molecule has 22 heavy (non-hydrogen) atoms. The molecule has 0 saturated carbocycles. The third-order valence-corrected chi connectivity index (χ3v) is 3.76. The lowest BCUT2D eigenvalue weighted by molar-refractivity contribution is 0.135. The molecule has 0 fully saturated rings. The van der Waals surface area contributed by atoms with E-state index < -0.39 is 29.8 Å². The van der Waals surface area contributed by atoms with Crippen molar-refractivity contribution in [3.05, 3.63) is 35.4 Å². The highest BCUT2D eigenvalue weighted by molar-refractivity contribution is 5.74. The van der Waals surface area contributed by atoms with Crippen LogP contribution in [0.25, 0.3) is 0 Å². The van der Waals surface area contributed by atoms with Gasteiger partial charge >= 0.3 is 6.03 Å². The Morgan fingerprint density at radius 3 is 2.23 bits per heavy atom. The molecular formula is C16H24F2N2O2. The SMILES string of the molecule is CC(NC(=O)NC(C)C(C)(C)C)C(O)c1ccc(F)c(F)c1. The van der Waals surface area contributed by atoms with Crippen molar-refractivity contribution in [1.82, 2.24) is 10.6 Å². The van der Waals surface area contributed by atoms with Gasteiger partial charge in [0.1, 0.15) is 0 Å².